The minimum absolute atomic E-state index is 0.0966. The van der Waals surface area contributed by atoms with Crippen LogP contribution in [0, 0.1) is 11.8 Å². The molecule has 0 heterocycles. The summed E-state index contributed by atoms with van der Waals surface area (Å²) >= 11 is 9.73. The number of rotatable bonds is 11. The molecule has 0 amide bonds. The maximum Gasteiger partial charge on any atom is 0.317 e. The lowest BCUT2D eigenvalue weighted by Gasteiger charge is -2.28. The standard InChI is InChI=1S/C13H28NO2PS3/c1-6-14(7-13(15)16)10-17(18,19-8-11(2)3)20-9-12(4)5/h11-12H,6-10H2,1-5H3,(H,15,16). The Balaban J connectivity index is 4.71. The first-order valence-corrected chi connectivity index (χ1v) is 13.2. The van der Waals surface area contributed by atoms with Crippen molar-refractivity contribution >= 4 is 45.0 Å². The summed E-state index contributed by atoms with van der Waals surface area (Å²) in [5.41, 5.74) is 0. The van der Waals surface area contributed by atoms with E-state index >= 15 is 0 Å². The Morgan fingerprint density at radius 3 is 1.95 bits per heavy atom. The highest BCUT2D eigenvalue weighted by molar-refractivity contribution is 9.00. The Morgan fingerprint density at radius 1 is 1.20 bits per heavy atom. The molecule has 0 fully saturated rings. The first-order chi connectivity index (χ1) is 9.18. The van der Waals surface area contributed by atoms with Crippen LogP contribution in [0.2, 0.25) is 0 Å². The third-order valence-corrected chi connectivity index (χ3v) is 13.6. The van der Waals surface area contributed by atoms with Crippen molar-refractivity contribution in [1.82, 2.24) is 4.90 Å². The Bertz CT molecular complexity index is 322. The highest BCUT2D eigenvalue weighted by Crippen LogP contribution is 2.70. The van der Waals surface area contributed by atoms with Crippen molar-refractivity contribution in [2.75, 3.05) is 30.9 Å². The van der Waals surface area contributed by atoms with E-state index in [2.05, 4.69) is 27.7 Å². The fraction of sp³-hybridized carbons (Fsp3) is 0.923. The Morgan fingerprint density at radius 2 is 1.65 bits per heavy atom. The molecule has 0 aliphatic heterocycles. The van der Waals surface area contributed by atoms with Gasteiger partial charge in [0.05, 0.1) is 11.0 Å². The number of aliphatic carboxylic acids is 1. The van der Waals surface area contributed by atoms with E-state index in [1.165, 1.54) is 0 Å². The van der Waals surface area contributed by atoms with E-state index in [9.17, 15) is 4.79 Å². The van der Waals surface area contributed by atoms with Crippen molar-refractivity contribution in [3.8, 4) is 0 Å². The van der Waals surface area contributed by atoms with E-state index in [4.69, 9.17) is 16.9 Å². The first-order valence-electron chi connectivity index (χ1n) is 7.00. The molecular weight excluding hydrogens is 329 g/mol. The molecule has 0 bridgehead atoms. The topological polar surface area (TPSA) is 40.5 Å². The van der Waals surface area contributed by atoms with Gasteiger partial charge in [-0.3, -0.25) is 9.69 Å². The molecule has 0 atom stereocenters. The quantitative estimate of drug-likeness (QED) is 0.551. The predicted molar refractivity (Wildman–Crippen MR) is 98.6 cm³/mol. The van der Waals surface area contributed by atoms with Crippen molar-refractivity contribution in [1.29, 1.82) is 0 Å². The molecule has 0 aromatic rings. The van der Waals surface area contributed by atoms with Gasteiger partial charge in [-0.1, -0.05) is 46.4 Å². The smallest absolute Gasteiger partial charge is 0.317 e. The molecule has 7 heteroatoms. The van der Waals surface area contributed by atoms with Gasteiger partial charge in [-0.25, -0.2) is 0 Å². The highest BCUT2D eigenvalue weighted by Gasteiger charge is 2.23. The van der Waals surface area contributed by atoms with E-state index in [1.807, 2.05) is 34.6 Å². The van der Waals surface area contributed by atoms with Crippen LogP contribution in [0.15, 0.2) is 0 Å². The maximum absolute atomic E-state index is 10.9. The van der Waals surface area contributed by atoms with Crippen molar-refractivity contribution in [2.45, 2.75) is 34.6 Å². The summed E-state index contributed by atoms with van der Waals surface area (Å²) in [4.78, 5) is 12.9. The molecule has 1 N–H and O–H groups in total. The second kappa shape index (κ2) is 10.5. The predicted octanol–water partition coefficient (Wildman–Crippen LogP) is 4.44. The minimum Gasteiger partial charge on any atom is -0.480 e. The molecule has 20 heavy (non-hydrogen) atoms. The van der Waals surface area contributed by atoms with Crippen LogP contribution in [0.25, 0.3) is 0 Å². The molecule has 0 saturated heterocycles. The molecule has 0 saturated carbocycles. The molecule has 0 aliphatic rings. The average molecular weight is 358 g/mol. The zero-order valence-corrected chi connectivity index (χ0v) is 16.5. The van der Waals surface area contributed by atoms with Gasteiger partial charge in [0, 0.05) is 17.8 Å². The maximum atomic E-state index is 10.9. The summed E-state index contributed by atoms with van der Waals surface area (Å²) in [5.74, 6) is 2.60. The zero-order chi connectivity index (χ0) is 15.8. The van der Waals surface area contributed by atoms with Gasteiger partial charge in [-0.2, -0.15) is 0 Å². The monoisotopic (exact) mass is 357 g/mol. The van der Waals surface area contributed by atoms with Crippen molar-refractivity contribution in [2.24, 2.45) is 11.8 Å². The number of nitrogens with zero attached hydrogens (tertiary/aromatic N) is 1. The fourth-order valence-corrected chi connectivity index (χ4v) is 11.6. The molecule has 0 rings (SSSR count). The molecule has 0 spiro atoms. The van der Waals surface area contributed by atoms with Gasteiger partial charge in [-0.15, -0.1) is 22.8 Å². The summed E-state index contributed by atoms with van der Waals surface area (Å²) in [6, 6.07) is 0. The molecule has 0 aliphatic carbocycles. The SMILES string of the molecule is CCN(CC(=O)O)CP(=S)(SCC(C)C)SCC(C)C. The van der Waals surface area contributed by atoms with Gasteiger partial charge in [0.15, 0.2) is 0 Å². The second-order valence-corrected chi connectivity index (χ2v) is 17.6. The van der Waals surface area contributed by atoms with Crippen LogP contribution in [0.5, 0.6) is 0 Å². The van der Waals surface area contributed by atoms with Gasteiger partial charge in [0.1, 0.15) is 0 Å². The van der Waals surface area contributed by atoms with E-state index in [0.717, 1.165) is 24.3 Å². The Labute approximate surface area is 137 Å². The van der Waals surface area contributed by atoms with Crippen molar-refractivity contribution in [3.05, 3.63) is 0 Å². The van der Waals surface area contributed by atoms with Gasteiger partial charge in [-0.05, 0) is 18.4 Å². The van der Waals surface area contributed by atoms with Crippen LogP contribution in [-0.2, 0) is 16.6 Å². The second-order valence-electron chi connectivity index (χ2n) is 5.67. The number of carboxylic acids is 1. The first kappa shape index (κ1) is 20.8. The largest absolute Gasteiger partial charge is 0.480 e. The Kier molecular flexibility index (Phi) is 10.9. The molecule has 3 nitrogen and oxygen atoms in total. The fourth-order valence-electron chi connectivity index (χ4n) is 1.34. The summed E-state index contributed by atoms with van der Waals surface area (Å²) in [6.45, 7) is 11.7. The summed E-state index contributed by atoms with van der Waals surface area (Å²) in [6.07, 6.45) is 0.750. The molecule has 120 valence electrons. The minimum atomic E-state index is -1.63. The van der Waals surface area contributed by atoms with Crippen LogP contribution >= 0.6 is 27.2 Å². The summed E-state index contributed by atoms with van der Waals surface area (Å²) < 4.78 is -1.63. The van der Waals surface area contributed by atoms with E-state index in [-0.39, 0.29) is 6.54 Å². The van der Waals surface area contributed by atoms with Crippen LogP contribution in [0.1, 0.15) is 34.6 Å². The zero-order valence-electron chi connectivity index (χ0n) is 13.2. The lowest BCUT2D eigenvalue weighted by Crippen LogP contribution is -2.30. The van der Waals surface area contributed by atoms with E-state index in [0.29, 0.717) is 11.8 Å². The summed E-state index contributed by atoms with van der Waals surface area (Å²) in [5, 5.41) is 8.97. The molecular formula is C13H28NO2PS3. The number of hydrogen-bond donors (Lipinski definition) is 1. The Hall–Kier alpha value is 0.780. The van der Waals surface area contributed by atoms with Gasteiger partial charge < -0.3 is 5.11 Å². The van der Waals surface area contributed by atoms with Gasteiger partial charge >= 0.3 is 5.97 Å². The van der Waals surface area contributed by atoms with Gasteiger partial charge in [0.25, 0.3) is 0 Å². The normalized spacial score (nSPS) is 12.6. The van der Waals surface area contributed by atoms with Crippen LogP contribution in [-0.4, -0.2) is 46.9 Å². The molecule has 0 radical (unpaired) electrons. The summed E-state index contributed by atoms with van der Waals surface area (Å²) in [7, 11) is 0. The van der Waals surface area contributed by atoms with Crippen LogP contribution < -0.4 is 0 Å². The number of likely N-dealkylation sites (N-methyl/N-ethyl adjacent to an activating group) is 1. The van der Waals surface area contributed by atoms with E-state index < -0.39 is 10.4 Å². The van der Waals surface area contributed by atoms with Gasteiger partial charge in [0.2, 0.25) is 0 Å². The lowest BCUT2D eigenvalue weighted by atomic mass is 10.3. The van der Waals surface area contributed by atoms with Crippen LogP contribution in [0.3, 0.4) is 0 Å². The third-order valence-electron chi connectivity index (χ3n) is 2.39. The number of carbonyl (C=O) groups is 1. The van der Waals surface area contributed by atoms with Crippen molar-refractivity contribution < 1.29 is 9.90 Å². The molecule has 0 unspecified atom stereocenters. The van der Waals surface area contributed by atoms with Crippen LogP contribution in [0.4, 0.5) is 0 Å². The number of hydrogen-bond acceptors (Lipinski definition) is 5. The van der Waals surface area contributed by atoms with Crippen molar-refractivity contribution in [3.63, 3.8) is 0 Å². The molecule has 0 aromatic carbocycles. The number of carboxylic acid groups (broad SMARTS) is 1. The highest BCUT2D eigenvalue weighted by atomic mass is 33.2. The third kappa shape index (κ3) is 10.5. The van der Waals surface area contributed by atoms with E-state index in [1.54, 1.807) is 0 Å². The lowest BCUT2D eigenvalue weighted by molar-refractivity contribution is -0.138. The molecule has 0 aromatic heterocycles. The average Bonchev–Trinajstić information content (AvgIpc) is 2.33.